The van der Waals surface area contributed by atoms with Gasteiger partial charge in [-0.25, -0.2) is 4.79 Å². The quantitative estimate of drug-likeness (QED) is 0.732. The van der Waals surface area contributed by atoms with Crippen LogP contribution in [0.1, 0.15) is 37.5 Å². The number of hydrogen-bond donors (Lipinski definition) is 2. The first-order chi connectivity index (χ1) is 12.1. The number of alkyl halides is 3. The first-order valence-corrected chi connectivity index (χ1v) is 9.27. The van der Waals surface area contributed by atoms with E-state index in [-0.39, 0.29) is 29.5 Å². The minimum atomic E-state index is -4.69. The molecule has 2 unspecified atom stereocenters. The lowest BCUT2D eigenvalue weighted by Crippen LogP contribution is -2.43. The van der Waals surface area contributed by atoms with Crippen molar-refractivity contribution in [2.45, 2.75) is 32.5 Å². The largest absolute Gasteiger partial charge is 0.592 e. The van der Waals surface area contributed by atoms with Gasteiger partial charge in [-0.2, -0.15) is 13.2 Å². The topological polar surface area (TPSA) is 99.2 Å². The van der Waals surface area contributed by atoms with Crippen molar-refractivity contribution in [3.05, 3.63) is 44.1 Å². The predicted molar refractivity (Wildman–Crippen MR) is 91.9 cm³/mol. The van der Waals surface area contributed by atoms with Crippen LogP contribution >= 0.6 is 0 Å². The standard InChI is InChI=1S/C15H18F3N3O4S/c1-4-12(25-5-2)8-6-9-11(7-10(8)15(16,17)18)19-14(23)21(13(9)22)20-26(3)24/h6-7,12,20H,4-5H2,1-3H3,(H,19,23). The number of ether oxygens (including phenoxy) is 1. The lowest BCUT2D eigenvalue weighted by Gasteiger charge is -2.21. The number of nitrogens with one attached hydrogen (secondary N) is 2. The molecule has 0 radical (unpaired) electrons. The first-order valence-electron chi connectivity index (χ1n) is 7.72. The summed E-state index contributed by atoms with van der Waals surface area (Å²) in [6, 6.07) is 1.79. The molecule has 2 atom stereocenters. The summed E-state index contributed by atoms with van der Waals surface area (Å²) in [7, 11) is 0. The summed E-state index contributed by atoms with van der Waals surface area (Å²) < 4.78 is 57.6. The number of hydrogen-bond acceptors (Lipinski definition) is 5. The summed E-state index contributed by atoms with van der Waals surface area (Å²) in [5.74, 6) is 0. The van der Waals surface area contributed by atoms with Crippen LogP contribution in [0.2, 0.25) is 0 Å². The fourth-order valence-corrected chi connectivity index (χ4v) is 3.06. The lowest BCUT2D eigenvalue weighted by atomic mass is 9.97. The van der Waals surface area contributed by atoms with E-state index in [0.717, 1.165) is 12.1 Å². The van der Waals surface area contributed by atoms with Gasteiger partial charge in [0.1, 0.15) is 6.26 Å². The van der Waals surface area contributed by atoms with Crippen molar-refractivity contribution in [3.8, 4) is 0 Å². The molecule has 0 aliphatic heterocycles. The van der Waals surface area contributed by atoms with Gasteiger partial charge in [0, 0.05) is 6.61 Å². The third kappa shape index (κ3) is 4.05. The Morgan fingerprint density at radius 1 is 1.35 bits per heavy atom. The van der Waals surface area contributed by atoms with E-state index in [1.54, 1.807) is 13.8 Å². The van der Waals surface area contributed by atoms with E-state index in [0.29, 0.717) is 4.68 Å². The van der Waals surface area contributed by atoms with Gasteiger partial charge in [-0.1, -0.05) is 6.92 Å². The fraction of sp³-hybridized carbons (Fsp3) is 0.467. The predicted octanol–water partition coefficient (Wildman–Crippen LogP) is 2.03. The zero-order valence-corrected chi connectivity index (χ0v) is 15.1. The van der Waals surface area contributed by atoms with Gasteiger partial charge in [-0.05, 0) is 31.0 Å². The van der Waals surface area contributed by atoms with Crippen molar-refractivity contribution in [3.63, 3.8) is 0 Å². The van der Waals surface area contributed by atoms with Gasteiger partial charge in [-0.3, -0.25) is 4.79 Å². The van der Waals surface area contributed by atoms with Crippen molar-refractivity contribution in [1.29, 1.82) is 0 Å². The summed E-state index contributed by atoms with van der Waals surface area (Å²) >= 11 is -1.73. The minimum Gasteiger partial charge on any atom is -0.592 e. The fourth-order valence-electron chi connectivity index (χ4n) is 2.63. The molecule has 2 aromatic rings. The SMILES string of the molecule is CCOC(CC)c1cc2c(=O)n(N[S+](C)[O-])c(=O)[nH]c2cc1C(F)(F)F. The first kappa shape index (κ1) is 20.3. The van der Waals surface area contributed by atoms with Gasteiger partial charge in [-0.15, -0.1) is 9.51 Å². The Bertz CT molecular complexity index is 908. The maximum Gasteiger partial charge on any atom is 0.416 e. The van der Waals surface area contributed by atoms with Gasteiger partial charge >= 0.3 is 11.9 Å². The number of benzene rings is 1. The van der Waals surface area contributed by atoms with Crippen LogP contribution in [0.25, 0.3) is 10.9 Å². The molecule has 0 saturated heterocycles. The molecular weight excluding hydrogens is 375 g/mol. The molecule has 1 aromatic heterocycles. The second-order valence-corrected chi connectivity index (χ2v) is 6.54. The molecule has 0 fully saturated rings. The van der Waals surface area contributed by atoms with Gasteiger partial charge in [0.15, 0.2) is 0 Å². The highest BCUT2D eigenvalue weighted by atomic mass is 32.2. The number of halogens is 3. The Hall–Kier alpha value is -1.98. The third-order valence-electron chi connectivity index (χ3n) is 3.68. The Morgan fingerprint density at radius 3 is 2.50 bits per heavy atom. The summed E-state index contributed by atoms with van der Waals surface area (Å²) in [4.78, 5) is 28.8. The van der Waals surface area contributed by atoms with Crippen LogP contribution in [-0.2, 0) is 22.3 Å². The monoisotopic (exact) mass is 393 g/mol. The van der Waals surface area contributed by atoms with Crippen LogP contribution in [0.5, 0.6) is 0 Å². The number of rotatable bonds is 6. The summed E-state index contributed by atoms with van der Waals surface area (Å²) in [5.41, 5.74) is -3.36. The van der Waals surface area contributed by atoms with E-state index in [4.69, 9.17) is 4.74 Å². The molecule has 1 heterocycles. The molecule has 2 N–H and O–H groups in total. The van der Waals surface area contributed by atoms with Gasteiger partial charge < -0.3 is 14.3 Å². The second-order valence-electron chi connectivity index (χ2n) is 5.45. The average Bonchev–Trinajstić information content (AvgIpc) is 2.54. The normalized spacial score (nSPS) is 14.4. The zero-order valence-electron chi connectivity index (χ0n) is 14.3. The molecule has 26 heavy (non-hydrogen) atoms. The minimum absolute atomic E-state index is 0.149. The van der Waals surface area contributed by atoms with E-state index in [1.807, 2.05) is 0 Å². The van der Waals surface area contributed by atoms with Crippen molar-refractivity contribution >= 4 is 22.3 Å². The Morgan fingerprint density at radius 2 is 2.00 bits per heavy atom. The molecule has 0 bridgehead atoms. The molecule has 144 valence electrons. The summed E-state index contributed by atoms with van der Waals surface area (Å²) in [5, 5.41) is -0.149. The average molecular weight is 393 g/mol. The van der Waals surface area contributed by atoms with Crippen molar-refractivity contribution < 1.29 is 22.5 Å². The highest BCUT2D eigenvalue weighted by Crippen LogP contribution is 2.38. The maximum absolute atomic E-state index is 13.5. The number of fused-ring (bicyclic) bond motifs is 1. The Labute approximate surface area is 149 Å². The zero-order chi connectivity index (χ0) is 19.6. The van der Waals surface area contributed by atoms with E-state index < -0.39 is 40.5 Å². The van der Waals surface area contributed by atoms with E-state index in [9.17, 15) is 27.3 Å². The van der Waals surface area contributed by atoms with Gasteiger partial charge in [0.05, 0.1) is 33.9 Å². The molecule has 0 spiro atoms. The number of H-pyrrole nitrogens is 1. The molecule has 0 saturated carbocycles. The molecular formula is C15H18F3N3O4S. The van der Waals surface area contributed by atoms with Gasteiger partial charge in [0.25, 0.3) is 5.56 Å². The van der Waals surface area contributed by atoms with Crippen molar-refractivity contribution in [2.24, 2.45) is 0 Å². The van der Waals surface area contributed by atoms with Crippen molar-refractivity contribution in [2.75, 3.05) is 17.7 Å². The third-order valence-corrected chi connectivity index (χ3v) is 4.12. The molecule has 1 aromatic carbocycles. The van der Waals surface area contributed by atoms with Crippen LogP contribution in [-0.4, -0.2) is 27.1 Å². The van der Waals surface area contributed by atoms with Crippen LogP contribution in [0.15, 0.2) is 21.7 Å². The second kappa shape index (κ2) is 7.72. The Kier molecular flexibility index (Phi) is 6.04. The summed E-state index contributed by atoms with van der Waals surface area (Å²) in [6.07, 6.45) is -4.09. The van der Waals surface area contributed by atoms with Crippen LogP contribution in [0.4, 0.5) is 13.2 Å². The maximum atomic E-state index is 13.5. The molecule has 2 rings (SSSR count). The molecule has 0 aliphatic rings. The van der Waals surface area contributed by atoms with Crippen LogP contribution in [0.3, 0.4) is 0 Å². The number of aromatic amines is 1. The molecule has 7 nitrogen and oxygen atoms in total. The lowest BCUT2D eigenvalue weighted by molar-refractivity contribution is -0.139. The van der Waals surface area contributed by atoms with E-state index in [1.165, 1.54) is 6.26 Å². The van der Waals surface area contributed by atoms with Crippen molar-refractivity contribution in [1.82, 2.24) is 9.66 Å². The number of aromatic nitrogens is 2. The molecule has 0 aliphatic carbocycles. The van der Waals surface area contributed by atoms with E-state index >= 15 is 0 Å². The highest BCUT2D eigenvalue weighted by molar-refractivity contribution is 7.91. The number of nitrogens with zero attached hydrogens (tertiary/aromatic N) is 1. The summed E-state index contributed by atoms with van der Waals surface area (Å²) in [6.45, 7) is 3.51. The highest BCUT2D eigenvalue weighted by Gasteiger charge is 2.36. The van der Waals surface area contributed by atoms with Crippen LogP contribution < -0.4 is 16.1 Å². The smallest absolute Gasteiger partial charge is 0.416 e. The Balaban J connectivity index is 2.84. The molecule has 11 heteroatoms. The van der Waals surface area contributed by atoms with Crippen LogP contribution in [0, 0.1) is 0 Å². The van der Waals surface area contributed by atoms with E-state index in [2.05, 4.69) is 9.82 Å². The molecule has 0 amide bonds. The van der Waals surface area contributed by atoms with Gasteiger partial charge in [0.2, 0.25) is 0 Å².